The first-order valence-electron chi connectivity index (χ1n) is 7.63. The zero-order valence-corrected chi connectivity index (χ0v) is 13.4. The molecule has 2 aliphatic rings. The van der Waals surface area contributed by atoms with Crippen LogP contribution < -0.4 is 0 Å². The maximum atomic E-state index is 12.3. The van der Waals surface area contributed by atoms with Crippen LogP contribution in [-0.4, -0.2) is 66.3 Å². The van der Waals surface area contributed by atoms with E-state index < -0.39 is 17.7 Å². The van der Waals surface area contributed by atoms with Gasteiger partial charge in [0.25, 0.3) is 0 Å². The van der Waals surface area contributed by atoms with E-state index in [9.17, 15) is 9.59 Å². The second-order valence-corrected chi connectivity index (χ2v) is 6.80. The second-order valence-electron chi connectivity index (χ2n) is 6.80. The molecule has 0 aliphatic carbocycles. The fourth-order valence-corrected chi connectivity index (χ4v) is 3.07. The van der Waals surface area contributed by atoms with Gasteiger partial charge in [0, 0.05) is 12.6 Å². The van der Waals surface area contributed by atoms with Gasteiger partial charge in [0.15, 0.2) is 0 Å². The lowest BCUT2D eigenvalue weighted by atomic mass is 10.1. The van der Waals surface area contributed by atoms with E-state index in [-0.39, 0.29) is 12.0 Å². The minimum Gasteiger partial charge on any atom is -0.467 e. The maximum absolute atomic E-state index is 12.3. The van der Waals surface area contributed by atoms with Crippen LogP contribution in [0.1, 0.15) is 40.0 Å². The number of likely N-dealkylation sites (tertiary alicyclic amines) is 2. The van der Waals surface area contributed by atoms with Gasteiger partial charge in [-0.05, 0) is 53.1 Å². The number of hydrogen-bond donors (Lipinski definition) is 0. The highest BCUT2D eigenvalue weighted by Gasteiger charge is 2.44. The Morgan fingerprint density at radius 2 is 1.76 bits per heavy atom. The van der Waals surface area contributed by atoms with E-state index in [0.29, 0.717) is 13.0 Å². The van der Waals surface area contributed by atoms with Crippen molar-refractivity contribution < 1.29 is 19.1 Å². The molecule has 0 N–H and O–H groups in total. The van der Waals surface area contributed by atoms with Gasteiger partial charge in [-0.2, -0.15) is 0 Å². The molecule has 0 aromatic carbocycles. The third kappa shape index (κ3) is 3.87. The molecule has 2 unspecified atom stereocenters. The Hall–Kier alpha value is -1.30. The molecule has 0 aromatic rings. The highest BCUT2D eigenvalue weighted by Crippen LogP contribution is 2.27. The number of amides is 1. The van der Waals surface area contributed by atoms with Gasteiger partial charge in [-0.1, -0.05) is 0 Å². The van der Waals surface area contributed by atoms with Crippen LogP contribution in [0, 0.1) is 0 Å². The summed E-state index contributed by atoms with van der Waals surface area (Å²) in [5, 5.41) is 0. The van der Waals surface area contributed by atoms with Gasteiger partial charge in [-0.15, -0.1) is 0 Å². The topological polar surface area (TPSA) is 59.1 Å². The lowest BCUT2D eigenvalue weighted by Crippen LogP contribution is -2.44. The van der Waals surface area contributed by atoms with Crippen molar-refractivity contribution in [1.29, 1.82) is 0 Å². The highest BCUT2D eigenvalue weighted by atomic mass is 16.6. The quantitative estimate of drug-likeness (QED) is 0.725. The van der Waals surface area contributed by atoms with Gasteiger partial charge in [-0.25, -0.2) is 9.59 Å². The van der Waals surface area contributed by atoms with Crippen molar-refractivity contribution in [3.63, 3.8) is 0 Å². The van der Waals surface area contributed by atoms with Gasteiger partial charge >= 0.3 is 12.1 Å². The van der Waals surface area contributed by atoms with Crippen LogP contribution in [0.2, 0.25) is 0 Å². The first kappa shape index (κ1) is 16.1. The van der Waals surface area contributed by atoms with Crippen LogP contribution in [0.3, 0.4) is 0 Å². The molecule has 2 heterocycles. The van der Waals surface area contributed by atoms with Gasteiger partial charge in [0.2, 0.25) is 0 Å². The van der Waals surface area contributed by atoms with Crippen molar-refractivity contribution >= 4 is 12.1 Å². The molecule has 0 bridgehead atoms. The summed E-state index contributed by atoms with van der Waals surface area (Å²) in [6, 6.07) is -0.306. The number of hydrogen-bond acceptors (Lipinski definition) is 5. The number of methoxy groups -OCH3 is 1. The maximum Gasteiger partial charge on any atom is 0.411 e. The molecule has 6 heteroatoms. The Kier molecular flexibility index (Phi) is 4.76. The summed E-state index contributed by atoms with van der Waals surface area (Å²) in [7, 11) is 1.36. The van der Waals surface area contributed by atoms with Gasteiger partial charge in [-0.3, -0.25) is 9.80 Å². The van der Waals surface area contributed by atoms with Crippen molar-refractivity contribution in [1.82, 2.24) is 9.80 Å². The largest absolute Gasteiger partial charge is 0.467 e. The van der Waals surface area contributed by atoms with Crippen LogP contribution in [0.15, 0.2) is 0 Å². The number of nitrogens with zero attached hydrogens (tertiary/aromatic N) is 2. The Morgan fingerprint density at radius 1 is 1.14 bits per heavy atom. The Labute approximate surface area is 126 Å². The minimum absolute atomic E-state index is 0.226. The summed E-state index contributed by atoms with van der Waals surface area (Å²) in [6.07, 6.45) is 2.57. The van der Waals surface area contributed by atoms with E-state index in [0.717, 1.165) is 13.1 Å². The summed E-state index contributed by atoms with van der Waals surface area (Å²) in [4.78, 5) is 28.2. The van der Waals surface area contributed by atoms with Crippen molar-refractivity contribution in [3.8, 4) is 0 Å². The molecule has 2 atom stereocenters. The van der Waals surface area contributed by atoms with Crippen molar-refractivity contribution in [3.05, 3.63) is 0 Å². The Bertz CT molecular complexity index is 399. The standard InChI is InChI=1S/C15H26N2O4/c1-15(2,3)21-14(19)17-10-11(16-7-5-6-8-16)9-12(17)13(18)20-4/h11-12H,5-10H2,1-4H3. The van der Waals surface area contributed by atoms with E-state index in [4.69, 9.17) is 9.47 Å². The van der Waals surface area contributed by atoms with E-state index >= 15 is 0 Å². The SMILES string of the molecule is COC(=O)C1CC(N2CCCC2)CN1C(=O)OC(C)(C)C. The number of rotatable bonds is 2. The molecule has 21 heavy (non-hydrogen) atoms. The molecule has 120 valence electrons. The average molecular weight is 298 g/mol. The molecule has 2 saturated heterocycles. The zero-order chi connectivity index (χ0) is 15.6. The molecule has 6 nitrogen and oxygen atoms in total. The van der Waals surface area contributed by atoms with E-state index in [1.165, 1.54) is 24.9 Å². The summed E-state index contributed by atoms with van der Waals surface area (Å²) >= 11 is 0. The molecule has 1 amide bonds. The number of carbonyl (C=O) groups excluding carboxylic acids is 2. The summed E-state index contributed by atoms with van der Waals surface area (Å²) < 4.78 is 10.3. The molecule has 2 aliphatic heterocycles. The first-order chi connectivity index (χ1) is 9.81. The van der Waals surface area contributed by atoms with Gasteiger partial charge in [0.05, 0.1) is 7.11 Å². The minimum atomic E-state index is -0.566. The van der Waals surface area contributed by atoms with Crippen molar-refractivity contribution in [2.45, 2.75) is 57.7 Å². The lowest BCUT2D eigenvalue weighted by molar-refractivity contribution is -0.145. The normalized spacial score (nSPS) is 27.0. The molecule has 0 radical (unpaired) electrons. The van der Waals surface area contributed by atoms with Gasteiger partial charge in [0.1, 0.15) is 11.6 Å². The predicted octanol–water partition coefficient (Wildman–Crippen LogP) is 1.63. The predicted molar refractivity (Wildman–Crippen MR) is 78.0 cm³/mol. The molecule has 0 saturated carbocycles. The van der Waals surface area contributed by atoms with Crippen LogP contribution >= 0.6 is 0 Å². The molecular weight excluding hydrogens is 272 g/mol. The van der Waals surface area contributed by atoms with Crippen molar-refractivity contribution in [2.75, 3.05) is 26.7 Å². The Balaban J connectivity index is 2.08. The second kappa shape index (κ2) is 6.22. The fraction of sp³-hybridized carbons (Fsp3) is 0.867. The summed E-state index contributed by atoms with van der Waals surface area (Å²) in [5.41, 5.74) is -0.566. The Morgan fingerprint density at radius 3 is 2.29 bits per heavy atom. The third-order valence-electron chi connectivity index (χ3n) is 4.04. The molecule has 2 fully saturated rings. The monoisotopic (exact) mass is 298 g/mol. The van der Waals surface area contributed by atoms with E-state index in [2.05, 4.69) is 4.90 Å². The average Bonchev–Trinajstić information content (AvgIpc) is 3.04. The van der Waals surface area contributed by atoms with Crippen LogP contribution in [0.25, 0.3) is 0 Å². The number of carbonyl (C=O) groups is 2. The fourth-order valence-electron chi connectivity index (χ4n) is 3.07. The van der Waals surface area contributed by atoms with Crippen molar-refractivity contribution in [2.24, 2.45) is 0 Å². The summed E-state index contributed by atoms with van der Waals surface area (Å²) in [6.45, 7) is 8.10. The third-order valence-corrected chi connectivity index (χ3v) is 4.04. The number of ether oxygens (including phenoxy) is 2. The zero-order valence-electron chi connectivity index (χ0n) is 13.4. The van der Waals surface area contributed by atoms with E-state index in [1.54, 1.807) is 0 Å². The smallest absolute Gasteiger partial charge is 0.411 e. The molecule has 0 aromatic heterocycles. The molecule has 0 spiro atoms. The summed E-state index contributed by atoms with van der Waals surface area (Å²) in [5.74, 6) is -0.359. The number of esters is 1. The van der Waals surface area contributed by atoms with E-state index in [1.807, 2.05) is 20.8 Å². The van der Waals surface area contributed by atoms with Crippen LogP contribution in [-0.2, 0) is 14.3 Å². The molecule has 2 rings (SSSR count). The van der Waals surface area contributed by atoms with Crippen LogP contribution in [0.5, 0.6) is 0 Å². The molecular formula is C15H26N2O4. The van der Waals surface area contributed by atoms with Gasteiger partial charge < -0.3 is 9.47 Å². The lowest BCUT2D eigenvalue weighted by Gasteiger charge is -2.27. The highest BCUT2D eigenvalue weighted by molar-refractivity contribution is 5.82. The van der Waals surface area contributed by atoms with Crippen LogP contribution in [0.4, 0.5) is 4.79 Å². The first-order valence-corrected chi connectivity index (χ1v) is 7.63.